The van der Waals surface area contributed by atoms with E-state index in [0.29, 0.717) is 5.56 Å². The van der Waals surface area contributed by atoms with Crippen LogP contribution in [0, 0.1) is 11.0 Å². The molecule has 0 aliphatic carbocycles. The fourth-order valence-electron chi connectivity index (χ4n) is 0.928. The molecule has 66 valence electrons. The molecule has 1 aromatic rings. The first kappa shape index (κ1) is 8.96. The standard InChI is InChI=1S/C8H9FNO2/c1-12-7-4-2-3-6(5-10-11)8(7)9/h2-4,10H,5H2,1H3/q-1. The predicted octanol–water partition coefficient (Wildman–Crippen LogP) is 1.42. The molecular formula is C8H9FNO2-. The number of nitrogens with one attached hydrogen (secondary N) is 1. The second kappa shape index (κ2) is 4.04. The van der Waals surface area contributed by atoms with Gasteiger partial charge >= 0.3 is 0 Å². The van der Waals surface area contributed by atoms with Gasteiger partial charge in [-0.2, -0.15) is 0 Å². The Kier molecular flexibility index (Phi) is 3.01. The van der Waals surface area contributed by atoms with E-state index < -0.39 is 5.82 Å². The van der Waals surface area contributed by atoms with Crippen LogP contribution >= 0.6 is 0 Å². The molecule has 0 unspecified atom stereocenters. The van der Waals surface area contributed by atoms with Crippen LogP contribution in [0.4, 0.5) is 4.39 Å². The Hall–Kier alpha value is -1.13. The minimum Gasteiger partial charge on any atom is -0.788 e. The summed E-state index contributed by atoms with van der Waals surface area (Å²) in [6.45, 7) is -0.0387. The van der Waals surface area contributed by atoms with Crippen molar-refractivity contribution in [2.75, 3.05) is 7.11 Å². The quantitative estimate of drug-likeness (QED) is 0.698. The molecule has 0 bridgehead atoms. The van der Waals surface area contributed by atoms with Crippen molar-refractivity contribution in [3.8, 4) is 5.75 Å². The molecule has 0 fully saturated rings. The lowest BCUT2D eigenvalue weighted by Crippen LogP contribution is -2.05. The van der Waals surface area contributed by atoms with Gasteiger partial charge in [0.1, 0.15) is 0 Å². The molecule has 4 heteroatoms. The molecule has 1 aromatic carbocycles. The van der Waals surface area contributed by atoms with Crippen molar-refractivity contribution in [3.05, 3.63) is 34.8 Å². The van der Waals surface area contributed by atoms with Crippen LogP contribution in [0.1, 0.15) is 5.56 Å². The van der Waals surface area contributed by atoms with Crippen molar-refractivity contribution in [1.29, 1.82) is 0 Å². The SMILES string of the molecule is COc1cccc(CN[O-])c1F. The van der Waals surface area contributed by atoms with Gasteiger partial charge in [-0.25, -0.2) is 4.39 Å². The van der Waals surface area contributed by atoms with Gasteiger partial charge < -0.3 is 15.4 Å². The zero-order valence-electron chi connectivity index (χ0n) is 6.63. The van der Waals surface area contributed by atoms with Gasteiger partial charge in [-0.15, -0.1) is 0 Å². The van der Waals surface area contributed by atoms with E-state index in [9.17, 15) is 9.60 Å². The van der Waals surface area contributed by atoms with E-state index in [1.54, 1.807) is 11.5 Å². The fraction of sp³-hybridized carbons (Fsp3) is 0.250. The van der Waals surface area contributed by atoms with E-state index in [1.165, 1.54) is 19.2 Å². The van der Waals surface area contributed by atoms with E-state index in [1.807, 2.05) is 0 Å². The third-order valence-electron chi connectivity index (χ3n) is 1.53. The highest BCUT2D eigenvalue weighted by Crippen LogP contribution is 2.19. The Morgan fingerprint density at radius 2 is 2.33 bits per heavy atom. The topological polar surface area (TPSA) is 44.3 Å². The summed E-state index contributed by atoms with van der Waals surface area (Å²) in [4.78, 5) is 0. The third kappa shape index (κ3) is 1.72. The average molecular weight is 170 g/mol. The lowest BCUT2D eigenvalue weighted by atomic mass is 10.2. The first-order chi connectivity index (χ1) is 5.79. The third-order valence-corrected chi connectivity index (χ3v) is 1.53. The van der Waals surface area contributed by atoms with Gasteiger partial charge in [-0.05, 0) is 6.07 Å². The van der Waals surface area contributed by atoms with Gasteiger partial charge in [0.15, 0.2) is 11.6 Å². The monoisotopic (exact) mass is 170 g/mol. The van der Waals surface area contributed by atoms with Crippen LogP contribution in [-0.2, 0) is 6.54 Å². The van der Waals surface area contributed by atoms with Crippen LogP contribution in [0.25, 0.3) is 0 Å². The highest BCUT2D eigenvalue weighted by Gasteiger charge is 2.05. The molecule has 0 atom stereocenters. The highest BCUT2D eigenvalue weighted by atomic mass is 19.1. The average Bonchev–Trinajstić information content (AvgIpc) is 2.09. The number of rotatable bonds is 3. The molecule has 0 aliphatic rings. The Morgan fingerprint density at radius 1 is 1.58 bits per heavy atom. The van der Waals surface area contributed by atoms with E-state index in [-0.39, 0.29) is 12.3 Å². The summed E-state index contributed by atoms with van der Waals surface area (Å²) in [6.07, 6.45) is 0. The summed E-state index contributed by atoms with van der Waals surface area (Å²) in [5, 5.41) is 9.99. The predicted molar refractivity (Wildman–Crippen MR) is 43.2 cm³/mol. The number of hydrogen-bond donors (Lipinski definition) is 1. The van der Waals surface area contributed by atoms with Crippen molar-refractivity contribution >= 4 is 0 Å². The Morgan fingerprint density at radius 3 is 2.92 bits per heavy atom. The lowest BCUT2D eigenvalue weighted by molar-refractivity contribution is 0.384. The van der Waals surface area contributed by atoms with Crippen LogP contribution in [-0.4, -0.2) is 7.11 Å². The van der Waals surface area contributed by atoms with Crippen molar-refractivity contribution in [2.45, 2.75) is 6.54 Å². The van der Waals surface area contributed by atoms with Crippen LogP contribution in [0.15, 0.2) is 18.2 Å². The molecule has 0 aliphatic heterocycles. The second-order valence-electron chi connectivity index (χ2n) is 2.25. The zero-order chi connectivity index (χ0) is 8.97. The van der Waals surface area contributed by atoms with E-state index in [4.69, 9.17) is 4.74 Å². The first-order valence-corrected chi connectivity index (χ1v) is 3.46. The maximum Gasteiger partial charge on any atom is 0.169 e. The molecule has 1 N–H and O–H groups in total. The number of methoxy groups -OCH3 is 1. The minimum absolute atomic E-state index is 0.0387. The van der Waals surface area contributed by atoms with E-state index in [0.717, 1.165) is 0 Å². The number of hydroxylamine groups is 1. The normalized spacial score (nSPS) is 9.92. The maximum atomic E-state index is 13.2. The summed E-state index contributed by atoms with van der Waals surface area (Å²) in [5.74, 6) is -0.328. The maximum absolute atomic E-state index is 13.2. The number of halogens is 1. The number of benzene rings is 1. The van der Waals surface area contributed by atoms with Crippen LogP contribution in [0.3, 0.4) is 0 Å². The van der Waals surface area contributed by atoms with Gasteiger partial charge in [0.2, 0.25) is 0 Å². The molecule has 0 heterocycles. The van der Waals surface area contributed by atoms with Gasteiger partial charge in [0, 0.05) is 12.1 Å². The van der Waals surface area contributed by atoms with Crippen molar-refractivity contribution in [2.24, 2.45) is 0 Å². The largest absolute Gasteiger partial charge is 0.788 e. The lowest BCUT2D eigenvalue weighted by Gasteiger charge is -2.10. The Balaban J connectivity index is 2.97. The summed E-state index contributed by atoms with van der Waals surface area (Å²) in [6, 6.07) is 4.67. The smallest absolute Gasteiger partial charge is 0.169 e. The van der Waals surface area contributed by atoms with Gasteiger partial charge in [0.25, 0.3) is 0 Å². The molecule has 12 heavy (non-hydrogen) atoms. The van der Waals surface area contributed by atoms with Crippen LogP contribution < -0.4 is 10.2 Å². The second-order valence-corrected chi connectivity index (χ2v) is 2.25. The van der Waals surface area contributed by atoms with Gasteiger partial charge in [-0.1, -0.05) is 12.1 Å². The first-order valence-electron chi connectivity index (χ1n) is 3.46. The fourth-order valence-corrected chi connectivity index (χ4v) is 0.928. The molecule has 0 aromatic heterocycles. The summed E-state index contributed by atoms with van der Waals surface area (Å²) in [5.41, 5.74) is 1.94. The highest BCUT2D eigenvalue weighted by molar-refractivity contribution is 5.30. The molecule has 0 saturated heterocycles. The summed E-state index contributed by atoms with van der Waals surface area (Å²) < 4.78 is 17.9. The zero-order valence-corrected chi connectivity index (χ0v) is 6.63. The molecular weight excluding hydrogens is 161 g/mol. The number of ether oxygens (including phenoxy) is 1. The Bertz CT molecular complexity index is 265. The number of hydrogen-bond acceptors (Lipinski definition) is 3. The molecule has 0 spiro atoms. The molecule has 3 nitrogen and oxygen atoms in total. The van der Waals surface area contributed by atoms with Gasteiger partial charge in [-0.3, -0.25) is 0 Å². The van der Waals surface area contributed by atoms with Gasteiger partial charge in [0.05, 0.1) is 7.11 Å². The molecule has 0 radical (unpaired) electrons. The van der Waals surface area contributed by atoms with Crippen molar-refractivity contribution in [3.63, 3.8) is 0 Å². The Labute approximate surface area is 69.7 Å². The van der Waals surface area contributed by atoms with E-state index in [2.05, 4.69) is 0 Å². The van der Waals surface area contributed by atoms with Crippen molar-refractivity contribution < 1.29 is 9.13 Å². The molecule has 0 saturated carbocycles. The molecule has 0 amide bonds. The molecule has 1 rings (SSSR count). The van der Waals surface area contributed by atoms with E-state index >= 15 is 0 Å². The summed E-state index contributed by atoms with van der Waals surface area (Å²) >= 11 is 0. The summed E-state index contributed by atoms with van der Waals surface area (Å²) in [7, 11) is 1.38. The van der Waals surface area contributed by atoms with Crippen LogP contribution in [0.5, 0.6) is 5.75 Å². The van der Waals surface area contributed by atoms with Crippen LogP contribution in [0.2, 0.25) is 0 Å². The minimum atomic E-state index is -0.483. The van der Waals surface area contributed by atoms with Crippen molar-refractivity contribution in [1.82, 2.24) is 5.48 Å².